The van der Waals surface area contributed by atoms with Crippen molar-refractivity contribution in [3.8, 4) is 22.7 Å². The van der Waals surface area contributed by atoms with E-state index < -0.39 is 12.3 Å². The summed E-state index contributed by atoms with van der Waals surface area (Å²) in [7, 11) is 1.84. The zero-order valence-electron chi connectivity index (χ0n) is 21.8. The van der Waals surface area contributed by atoms with Crippen LogP contribution in [0.1, 0.15) is 40.0 Å². The largest absolute Gasteiger partial charge is 0.573 e. The fourth-order valence-electron chi connectivity index (χ4n) is 4.67. The predicted octanol–water partition coefficient (Wildman–Crippen LogP) is 5.03. The number of amides is 1. The van der Waals surface area contributed by atoms with E-state index in [1.54, 1.807) is 46.0 Å². The van der Waals surface area contributed by atoms with Crippen LogP contribution >= 0.6 is 0 Å². The molecule has 0 unspecified atom stereocenters. The minimum absolute atomic E-state index is 0.216. The number of carbonyl (C=O) groups is 1. The average molecular weight is 540 g/mol. The maximum atomic E-state index is 13.2. The number of aromatic nitrogens is 5. The highest BCUT2D eigenvalue weighted by Gasteiger charge is 2.31. The van der Waals surface area contributed by atoms with Crippen LogP contribution in [0.5, 0.6) is 5.75 Å². The second-order valence-corrected chi connectivity index (χ2v) is 9.67. The average Bonchev–Trinajstić information content (AvgIpc) is 3.61. The molecule has 3 heterocycles. The number of likely N-dealkylation sites (tertiary alicyclic amines) is 1. The molecule has 5 rings (SSSR count). The number of alkyl halides is 3. The van der Waals surface area contributed by atoms with Crippen molar-refractivity contribution < 1.29 is 22.7 Å². The van der Waals surface area contributed by atoms with Crippen LogP contribution in [0, 0.1) is 13.8 Å². The SMILES string of the molecule is Cc1ccc(C(=O)Nc2cc(CN3CCCC3)cc(OC(F)(F)F)c2)cc1-n1cc(-c2cnn(C)c2C)nn1. The number of nitrogens with one attached hydrogen (secondary N) is 1. The Balaban J connectivity index is 1.40. The van der Waals surface area contributed by atoms with Crippen molar-refractivity contribution in [1.29, 1.82) is 0 Å². The van der Waals surface area contributed by atoms with Crippen molar-refractivity contribution in [3.05, 3.63) is 71.2 Å². The quantitative estimate of drug-likeness (QED) is 0.354. The van der Waals surface area contributed by atoms with Gasteiger partial charge in [0, 0.05) is 42.2 Å². The topological polar surface area (TPSA) is 90.1 Å². The van der Waals surface area contributed by atoms with E-state index in [9.17, 15) is 18.0 Å². The molecule has 1 N–H and O–H groups in total. The summed E-state index contributed by atoms with van der Waals surface area (Å²) in [6.45, 7) is 6.04. The van der Waals surface area contributed by atoms with Gasteiger partial charge in [0.25, 0.3) is 5.91 Å². The molecule has 2 aromatic carbocycles. The van der Waals surface area contributed by atoms with Gasteiger partial charge in [-0.1, -0.05) is 11.3 Å². The van der Waals surface area contributed by atoms with Crippen molar-refractivity contribution in [3.63, 3.8) is 0 Å². The van der Waals surface area contributed by atoms with Crippen molar-refractivity contribution in [2.45, 2.75) is 39.6 Å². The Bertz CT molecular complexity index is 1500. The lowest BCUT2D eigenvalue weighted by Gasteiger charge is -2.18. The van der Waals surface area contributed by atoms with Gasteiger partial charge in [-0.15, -0.1) is 18.3 Å². The summed E-state index contributed by atoms with van der Waals surface area (Å²) in [5.74, 6) is -0.851. The Labute approximate surface area is 223 Å². The summed E-state index contributed by atoms with van der Waals surface area (Å²) >= 11 is 0. The van der Waals surface area contributed by atoms with Gasteiger partial charge >= 0.3 is 6.36 Å². The first-order valence-electron chi connectivity index (χ1n) is 12.5. The molecular weight excluding hydrogens is 511 g/mol. The summed E-state index contributed by atoms with van der Waals surface area (Å²) < 4.78 is 46.4. The maximum Gasteiger partial charge on any atom is 0.573 e. The minimum Gasteiger partial charge on any atom is -0.406 e. The van der Waals surface area contributed by atoms with Gasteiger partial charge in [0.1, 0.15) is 11.4 Å². The molecule has 0 atom stereocenters. The molecule has 1 amide bonds. The highest BCUT2D eigenvalue weighted by Crippen LogP contribution is 2.29. The lowest BCUT2D eigenvalue weighted by molar-refractivity contribution is -0.274. The van der Waals surface area contributed by atoms with E-state index in [2.05, 4.69) is 30.4 Å². The molecule has 39 heavy (non-hydrogen) atoms. The minimum atomic E-state index is -4.84. The molecule has 9 nitrogen and oxygen atoms in total. The molecule has 0 bridgehead atoms. The van der Waals surface area contributed by atoms with Crippen LogP contribution in [-0.4, -0.2) is 55.0 Å². The number of carbonyl (C=O) groups excluding carboxylic acids is 1. The smallest absolute Gasteiger partial charge is 0.406 e. The molecule has 12 heteroatoms. The van der Waals surface area contributed by atoms with E-state index in [1.165, 1.54) is 12.1 Å². The first-order valence-corrected chi connectivity index (χ1v) is 12.5. The molecule has 0 spiro atoms. The fourth-order valence-corrected chi connectivity index (χ4v) is 4.67. The Kier molecular flexibility index (Phi) is 7.13. The molecular formula is C27H28F3N7O2. The standard InChI is InChI=1S/C27H28F3N7O2/c1-17-6-7-20(12-25(17)37-16-24(33-34-37)23-14-31-35(3)18(23)2)26(38)32-21-10-19(15-36-8-4-5-9-36)11-22(13-21)39-27(28,29)30/h6-7,10-14,16H,4-5,8-9,15H2,1-3H3,(H,32,38). The third-order valence-corrected chi connectivity index (χ3v) is 6.79. The van der Waals surface area contributed by atoms with Crippen LogP contribution in [-0.2, 0) is 13.6 Å². The molecule has 1 fully saturated rings. The van der Waals surface area contributed by atoms with E-state index >= 15 is 0 Å². The molecule has 0 saturated carbocycles. The fraction of sp³-hybridized carbons (Fsp3) is 0.333. The number of anilines is 1. The van der Waals surface area contributed by atoms with Gasteiger partial charge in [0.15, 0.2) is 0 Å². The zero-order valence-corrected chi connectivity index (χ0v) is 21.8. The predicted molar refractivity (Wildman–Crippen MR) is 139 cm³/mol. The van der Waals surface area contributed by atoms with Gasteiger partial charge in [-0.05, 0) is 75.2 Å². The number of benzene rings is 2. The Morgan fingerprint density at radius 3 is 2.56 bits per heavy atom. The Morgan fingerprint density at radius 1 is 1.10 bits per heavy atom. The van der Waals surface area contributed by atoms with Crippen molar-refractivity contribution >= 4 is 11.6 Å². The van der Waals surface area contributed by atoms with Crippen LogP contribution in [0.15, 0.2) is 48.8 Å². The van der Waals surface area contributed by atoms with Crippen LogP contribution < -0.4 is 10.1 Å². The zero-order chi connectivity index (χ0) is 27.7. The summed E-state index contributed by atoms with van der Waals surface area (Å²) in [5, 5.41) is 15.5. The molecule has 4 aromatic rings. The second kappa shape index (κ2) is 10.5. The van der Waals surface area contributed by atoms with E-state index in [0.29, 0.717) is 29.1 Å². The van der Waals surface area contributed by atoms with Crippen LogP contribution in [0.3, 0.4) is 0 Å². The van der Waals surface area contributed by atoms with Crippen molar-refractivity contribution in [2.24, 2.45) is 7.05 Å². The number of hydrogen-bond donors (Lipinski definition) is 1. The number of rotatable bonds is 7. The Morgan fingerprint density at radius 2 is 1.87 bits per heavy atom. The molecule has 1 aliphatic rings. The van der Waals surface area contributed by atoms with E-state index in [-0.39, 0.29) is 11.4 Å². The van der Waals surface area contributed by atoms with Crippen molar-refractivity contribution in [1.82, 2.24) is 29.7 Å². The summed E-state index contributed by atoms with van der Waals surface area (Å²) in [6, 6.07) is 9.31. The number of hydrogen-bond acceptors (Lipinski definition) is 6. The number of ether oxygens (including phenoxy) is 1. The second-order valence-electron chi connectivity index (χ2n) is 9.67. The first-order chi connectivity index (χ1) is 18.6. The van der Waals surface area contributed by atoms with Gasteiger partial charge in [0.05, 0.1) is 18.1 Å². The molecule has 0 aliphatic carbocycles. The van der Waals surface area contributed by atoms with E-state index in [4.69, 9.17) is 0 Å². The summed E-state index contributed by atoms with van der Waals surface area (Å²) in [4.78, 5) is 15.4. The normalized spacial score (nSPS) is 14.1. The van der Waals surface area contributed by atoms with E-state index in [1.807, 2.05) is 20.9 Å². The van der Waals surface area contributed by atoms with Gasteiger partial charge < -0.3 is 10.1 Å². The first kappa shape index (κ1) is 26.4. The third kappa shape index (κ3) is 6.11. The number of aryl methyl sites for hydroxylation is 2. The number of nitrogens with zero attached hydrogens (tertiary/aromatic N) is 6. The highest BCUT2D eigenvalue weighted by atomic mass is 19.4. The molecule has 204 valence electrons. The van der Waals surface area contributed by atoms with Crippen LogP contribution in [0.4, 0.5) is 18.9 Å². The third-order valence-electron chi connectivity index (χ3n) is 6.79. The molecule has 1 saturated heterocycles. The summed E-state index contributed by atoms with van der Waals surface area (Å²) in [5.41, 5.74) is 5.09. The number of halogens is 3. The van der Waals surface area contributed by atoms with Gasteiger partial charge in [-0.3, -0.25) is 14.4 Å². The van der Waals surface area contributed by atoms with Crippen LogP contribution in [0.25, 0.3) is 16.9 Å². The molecule has 1 aliphatic heterocycles. The van der Waals surface area contributed by atoms with Gasteiger partial charge in [0.2, 0.25) is 0 Å². The Hall–Kier alpha value is -4.19. The van der Waals surface area contributed by atoms with E-state index in [0.717, 1.165) is 42.8 Å². The maximum absolute atomic E-state index is 13.2. The lowest BCUT2D eigenvalue weighted by Crippen LogP contribution is -2.20. The van der Waals surface area contributed by atoms with Gasteiger partial charge in [-0.2, -0.15) is 5.10 Å². The van der Waals surface area contributed by atoms with Gasteiger partial charge in [-0.25, -0.2) is 4.68 Å². The lowest BCUT2D eigenvalue weighted by atomic mass is 10.1. The van der Waals surface area contributed by atoms with Crippen LogP contribution in [0.2, 0.25) is 0 Å². The highest BCUT2D eigenvalue weighted by molar-refractivity contribution is 6.04. The summed E-state index contributed by atoms with van der Waals surface area (Å²) in [6.07, 6.45) is 0.733. The van der Waals surface area contributed by atoms with Crippen molar-refractivity contribution in [2.75, 3.05) is 18.4 Å². The molecule has 2 aromatic heterocycles. The monoisotopic (exact) mass is 539 g/mol. The molecule has 0 radical (unpaired) electrons.